The number of hydrogen-bond acceptors (Lipinski definition) is 5. The number of nitrogens with one attached hydrogen (secondary N) is 1. The van der Waals surface area contributed by atoms with Gasteiger partial charge in [-0.1, -0.05) is 0 Å². The van der Waals surface area contributed by atoms with Gasteiger partial charge in [-0.2, -0.15) is 0 Å². The predicted octanol–water partition coefficient (Wildman–Crippen LogP) is 2.69. The van der Waals surface area contributed by atoms with E-state index >= 15 is 0 Å². The highest BCUT2D eigenvalue weighted by Crippen LogP contribution is 2.31. The summed E-state index contributed by atoms with van der Waals surface area (Å²) in [5.41, 5.74) is 0. The largest absolute Gasteiger partial charge is 0.477 e. The van der Waals surface area contributed by atoms with E-state index in [1.807, 2.05) is 13.8 Å². The smallest absolute Gasteiger partial charge is 0.345 e. The lowest BCUT2D eigenvalue weighted by molar-refractivity contribution is 0.0701. The second-order valence-corrected chi connectivity index (χ2v) is 8.68. The van der Waals surface area contributed by atoms with E-state index in [0.29, 0.717) is 13.0 Å². The van der Waals surface area contributed by atoms with Crippen LogP contribution in [0.4, 0.5) is 0 Å². The van der Waals surface area contributed by atoms with Gasteiger partial charge in [-0.05, 0) is 48.7 Å². The molecular formula is C12H18BrNO5S2. The Bertz CT molecular complexity index is 582. The van der Waals surface area contributed by atoms with E-state index in [0.717, 1.165) is 23.8 Å². The van der Waals surface area contributed by atoms with E-state index < -0.39 is 16.0 Å². The fraction of sp³-hybridized carbons (Fsp3) is 0.583. The van der Waals surface area contributed by atoms with E-state index in [2.05, 4.69) is 20.7 Å². The molecular weight excluding hydrogens is 382 g/mol. The van der Waals surface area contributed by atoms with Gasteiger partial charge in [0.25, 0.3) is 0 Å². The van der Waals surface area contributed by atoms with Crippen LogP contribution in [0, 0.1) is 0 Å². The predicted molar refractivity (Wildman–Crippen MR) is 84.5 cm³/mol. The Kier molecular flexibility index (Phi) is 7.28. The summed E-state index contributed by atoms with van der Waals surface area (Å²) in [4.78, 5) is 10.8. The first kappa shape index (κ1) is 18.6. The van der Waals surface area contributed by atoms with Crippen LogP contribution in [0.5, 0.6) is 0 Å². The lowest BCUT2D eigenvalue weighted by atomic mass is 10.3. The molecule has 0 atom stereocenters. The quantitative estimate of drug-likeness (QED) is 0.622. The average molecular weight is 400 g/mol. The van der Waals surface area contributed by atoms with Crippen molar-refractivity contribution in [3.05, 3.63) is 14.7 Å². The fourth-order valence-corrected chi connectivity index (χ4v) is 4.95. The molecule has 0 aliphatic heterocycles. The molecule has 120 valence electrons. The van der Waals surface area contributed by atoms with Crippen molar-refractivity contribution >= 4 is 43.3 Å². The van der Waals surface area contributed by atoms with Crippen LogP contribution in [0.15, 0.2) is 14.7 Å². The van der Waals surface area contributed by atoms with Crippen molar-refractivity contribution in [3.63, 3.8) is 0 Å². The zero-order chi connectivity index (χ0) is 16.0. The molecule has 0 aromatic carbocycles. The summed E-state index contributed by atoms with van der Waals surface area (Å²) in [5.74, 6) is -1.15. The molecule has 9 heteroatoms. The number of hydrogen-bond donors (Lipinski definition) is 2. The second kappa shape index (κ2) is 8.23. The van der Waals surface area contributed by atoms with Gasteiger partial charge in [0.2, 0.25) is 10.0 Å². The van der Waals surface area contributed by atoms with Crippen molar-refractivity contribution in [2.45, 2.75) is 37.7 Å². The number of ether oxygens (including phenoxy) is 1. The summed E-state index contributed by atoms with van der Waals surface area (Å²) in [7, 11) is -3.70. The van der Waals surface area contributed by atoms with Gasteiger partial charge in [0.1, 0.15) is 9.77 Å². The molecule has 0 radical (unpaired) electrons. The summed E-state index contributed by atoms with van der Waals surface area (Å²) in [6.07, 6.45) is 1.57. The van der Waals surface area contributed by atoms with Gasteiger partial charge in [-0.15, -0.1) is 11.3 Å². The Morgan fingerprint density at radius 2 is 2.14 bits per heavy atom. The minimum absolute atomic E-state index is 0.0208. The minimum Gasteiger partial charge on any atom is -0.477 e. The third-order valence-electron chi connectivity index (χ3n) is 2.47. The highest BCUT2D eigenvalue weighted by Gasteiger charge is 2.22. The summed E-state index contributed by atoms with van der Waals surface area (Å²) in [5, 5.41) is 8.87. The normalized spacial score (nSPS) is 12.0. The van der Waals surface area contributed by atoms with Gasteiger partial charge in [0, 0.05) is 13.2 Å². The van der Waals surface area contributed by atoms with Gasteiger partial charge in [-0.3, -0.25) is 0 Å². The molecule has 1 rings (SSSR count). The van der Waals surface area contributed by atoms with Gasteiger partial charge < -0.3 is 9.84 Å². The topological polar surface area (TPSA) is 92.7 Å². The molecule has 6 nitrogen and oxygen atoms in total. The summed E-state index contributed by atoms with van der Waals surface area (Å²) in [6, 6.07) is 1.15. The van der Waals surface area contributed by atoms with Gasteiger partial charge in [-0.25, -0.2) is 17.9 Å². The minimum atomic E-state index is -3.70. The second-order valence-electron chi connectivity index (χ2n) is 4.58. The van der Waals surface area contributed by atoms with Crippen LogP contribution in [-0.2, 0) is 14.8 Å². The maximum Gasteiger partial charge on any atom is 0.345 e. The zero-order valence-electron chi connectivity index (χ0n) is 11.8. The molecule has 0 saturated carbocycles. The first-order chi connectivity index (χ1) is 9.74. The van der Waals surface area contributed by atoms with Crippen LogP contribution in [0.1, 0.15) is 36.4 Å². The number of thiophene rings is 1. The number of rotatable bonds is 9. The average Bonchev–Trinajstić information content (AvgIpc) is 2.76. The maximum absolute atomic E-state index is 12.1. The highest BCUT2D eigenvalue weighted by molar-refractivity contribution is 9.11. The molecule has 0 spiro atoms. The Morgan fingerprint density at radius 3 is 2.67 bits per heavy atom. The number of carbonyl (C=O) groups is 1. The molecule has 1 heterocycles. The first-order valence-corrected chi connectivity index (χ1v) is 9.47. The van der Waals surface area contributed by atoms with E-state index in [1.54, 1.807) is 0 Å². The van der Waals surface area contributed by atoms with Gasteiger partial charge >= 0.3 is 5.97 Å². The molecule has 0 bridgehead atoms. The summed E-state index contributed by atoms with van der Waals surface area (Å²) < 4.78 is 32.2. The van der Waals surface area contributed by atoms with Crippen molar-refractivity contribution in [2.75, 3.05) is 13.2 Å². The third-order valence-corrected chi connectivity index (χ3v) is 6.17. The van der Waals surface area contributed by atoms with Crippen molar-refractivity contribution in [1.29, 1.82) is 0 Å². The number of sulfonamides is 1. The number of unbranched alkanes of at least 4 members (excludes halogenated alkanes) is 1. The van der Waals surface area contributed by atoms with Gasteiger partial charge in [0.05, 0.1) is 9.89 Å². The molecule has 1 aromatic heterocycles. The zero-order valence-corrected chi connectivity index (χ0v) is 15.0. The Morgan fingerprint density at radius 1 is 1.48 bits per heavy atom. The Hall–Kier alpha value is -0.480. The molecule has 0 fully saturated rings. The highest BCUT2D eigenvalue weighted by atomic mass is 79.9. The van der Waals surface area contributed by atoms with E-state index in [-0.39, 0.29) is 26.2 Å². The van der Waals surface area contributed by atoms with E-state index in [9.17, 15) is 13.2 Å². The monoisotopic (exact) mass is 399 g/mol. The third kappa shape index (κ3) is 6.03. The number of halogens is 1. The number of carboxylic acid groups (broad SMARTS) is 1. The standard InChI is InChI=1S/C12H18BrNO5S2/c1-8(2)19-6-4-3-5-14-21(17,18)10-7-9(12(15)16)20-11(10)13/h7-8,14H,3-6H2,1-2H3,(H,15,16). The fourth-order valence-electron chi connectivity index (χ4n) is 1.47. The molecule has 2 N–H and O–H groups in total. The van der Waals surface area contributed by atoms with Crippen LogP contribution < -0.4 is 4.72 Å². The molecule has 0 amide bonds. The number of aromatic carboxylic acids is 1. The molecule has 0 saturated heterocycles. The van der Waals surface area contributed by atoms with Crippen LogP contribution in [0.25, 0.3) is 0 Å². The van der Waals surface area contributed by atoms with Crippen molar-refractivity contribution in [2.24, 2.45) is 0 Å². The molecule has 0 aliphatic rings. The van der Waals surface area contributed by atoms with Crippen LogP contribution >= 0.6 is 27.3 Å². The van der Waals surface area contributed by atoms with Crippen LogP contribution in [-0.4, -0.2) is 38.7 Å². The number of carboxylic acids is 1. The first-order valence-electron chi connectivity index (χ1n) is 6.38. The molecule has 0 unspecified atom stereocenters. The molecule has 1 aromatic rings. The van der Waals surface area contributed by atoms with Crippen molar-refractivity contribution in [3.8, 4) is 0 Å². The summed E-state index contributed by atoms with van der Waals surface area (Å²) in [6.45, 7) is 4.76. The molecule has 21 heavy (non-hydrogen) atoms. The molecule has 0 aliphatic carbocycles. The SMILES string of the molecule is CC(C)OCCCCNS(=O)(=O)c1cc(C(=O)O)sc1Br. The van der Waals surface area contributed by atoms with Gasteiger partial charge in [0.15, 0.2) is 0 Å². The summed E-state index contributed by atoms with van der Waals surface area (Å²) >= 11 is 3.96. The lowest BCUT2D eigenvalue weighted by Gasteiger charge is -2.08. The maximum atomic E-state index is 12.1. The van der Waals surface area contributed by atoms with Crippen molar-refractivity contribution < 1.29 is 23.1 Å². The van der Waals surface area contributed by atoms with Crippen LogP contribution in [0.2, 0.25) is 0 Å². The van der Waals surface area contributed by atoms with E-state index in [4.69, 9.17) is 9.84 Å². The lowest BCUT2D eigenvalue weighted by Crippen LogP contribution is -2.25. The van der Waals surface area contributed by atoms with Crippen molar-refractivity contribution in [1.82, 2.24) is 4.72 Å². The Balaban J connectivity index is 2.52. The van der Waals surface area contributed by atoms with E-state index in [1.165, 1.54) is 0 Å². The van der Waals surface area contributed by atoms with Crippen LogP contribution in [0.3, 0.4) is 0 Å². The Labute approximate surface area is 136 Å².